The molecule has 31 heavy (non-hydrogen) atoms. The number of rotatable bonds is 3. The fraction of sp³-hybridized carbons (Fsp3) is 0.0417. The second-order valence-corrected chi connectivity index (χ2v) is 8.06. The molecule has 0 saturated heterocycles. The molecule has 5 rings (SSSR count). The van der Waals surface area contributed by atoms with Crippen molar-refractivity contribution in [3.05, 3.63) is 99.0 Å². The van der Waals surface area contributed by atoms with Gasteiger partial charge >= 0.3 is 5.69 Å². The smallest absolute Gasteiger partial charge is 0.304 e. The third-order valence-corrected chi connectivity index (χ3v) is 5.61. The lowest BCUT2D eigenvalue weighted by atomic mass is 10.1. The Hall–Kier alpha value is -3.41. The Bertz CT molecular complexity index is 1490. The van der Waals surface area contributed by atoms with Gasteiger partial charge in [-0.3, -0.25) is 4.40 Å². The molecule has 0 spiro atoms. The lowest BCUT2D eigenvalue weighted by molar-refractivity contribution is 1.07. The normalized spacial score (nSPS) is 11.2. The van der Waals surface area contributed by atoms with Crippen molar-refractivity contribution in [2.75, 3.05) is 0 Å². The minimum absolute atomic E-state index is 0.438. The van der Waals surface area contributed by atoms with Crippen molar-refractivity contribution in [2.45, 2.75) is 6.92 Å². The van der Waals surface area contributed by atoms with Crippen LogP contribution in [-0.2, 0) is 0 Å². The third-order valence-electron chi connectivity index (χ3n) is 5.06. The second-order valence-electron chi connectivity index (χ2n) is 7.21. The number of aromatic amines is 1. The van der Waals surface area contributed by atoms with Crippen LogP contribution in [0.15, 0.2) is 77.7 Å². The van der Waals surface area contributed by atoms with Crippen LogP contribution in [0.25, 0.3) is 39.5 Å². The Labute approximate surface area is 188 Å². The number of hydrogen-bond acceptors (Lipinski definition) is 3. The lowest BCUT2D eigenvalue weighted by Crippen LogP contribution is -2.12. The molecule has 0 unspecified atom stereocenters. The lowest BCUT2D eigenvalue weighted by Gasteiger charge is -2.09. The molecule has 2 aromatic carbocycles. The molecule has 7 heteroatoms. The fourth-order valence-electron chi connectivity index (χ4n) is 3.58. The standard InChI is InChI=1S/C24H16Cl2N4O/c1-14-5-7-15(8-6-14)19-13-20(28-24(31)27-19)23-22(17-10-9-16(25)12-18(17)26)29-21-4-2-3-11-30(21)23/h2-13H,1H3,(H,27,28,31). The van der Waals surface area contributed by atoms with Crippen molar-refractivity contribution < 1.29 is 0 Å². The maximum Gasteiger partial charge on any atom is 0.346 e. The van der Waals surface area contributed by atoms with Crippen LogP contribution in [0.3, 0.4) is 0 Å². The Morgan fingerprint density at radius 2 is 1.74 bits per heavy atom. The van der Waals surface area contributed by atoms with E-state index in [4.69, 9.17) is 28.2 Å². The third kappa shape index (κ3) is 3.63. The maximum atomic E-state index is 12.5. The van der Waals surface area contributed by atoms with Crippen molar-refractivity contribution >= 4 is 28.8 Å². The zero-order valence-electron chi connectivity index (χ0n) is 16.4. The zero-order valence-corrected chi connectivity index (χ0v) is 17.9. The van der Waals surface area contributed by atoms with Crippen LogP contribution in [0, 0.1) is 6.92 Å². The number of hydrogen-bond donors (Lipinski definition) is 1. The van der Waals surface area contributed by atoms with Gasteiger partial charge in [-0.05, 0) is 43.3 Å². The molecule has 0 saturated carbocycles. The number of imidazole rings is 1. The molecule has 0 amide bonds. The minimum atomic E-state index is -0.438. The average Bonchev–Trinajstić information content (AvgIpc) is 3.13. The number of nitrogens with zero attached hydrogens (tertiary/aromatic N) is 3. The number of benzene rings is 2. The van der Waals surface area contributed by atoms with E-state index in [1.807, 2.05) is 72.1 Å². The van der Waals surface area contributed by atoms with Gasteiger partial charge in [-0.2, -0.15) is 4.98 Å². The Kier molecular flexibility index (Phi) is 4.85. The van der Waals surface area contributed by atoms with Crippen LogP contribution >= 0.6 is 23.2 Å². The van der Waals surface area contributed by atoms with E-state index < -0.39 is 5.69 Å². The van der Waals surface area contributed by atoms with Crippen molar-refractivity contribution in [1.29, 1.82) is 0 Å². The van der Waals surface area contributed by atoms with Crippen molar-refractivity contribution in [1.82, 2.24) is 19.4 Å². The van der Waals surface area contributed by atoms with E-state index in [1.54, 1.807) is 12.1 Å². The molecule has 0 fully saturated rings. The highest BCUT2D eigenvalue weighted by molar-refractivity contribution is 6.36. The Morgan fingerprint density at radius 3 is 2.52 bits per heavy atom. The van der Waals surface area contributed by atoms with Gasteiger partial charge < -0.3 is 4.98 Å². The molecule has 5 nitrogen and oxygen atoms in total. The summed E-state index contributed by atoms with van der Waals surface area (Å²) in [7, 11) is 0. The molecular weight excluding hydrogens is 431 g/mol. The molecule has 3 heterocycles. The van der Waals surface area contributed by atoms with Crippen LogP contribution in [0.2, 0.25) is 10.0 Å². The summed E-state index contributed by atoms with van der Waals surface area (Å²) in [6, 6.07) is 20.7. The molecule has 0 radical (unpaired) electrons. The summed E-state index contributed by atoms with van der Waals surface area (Å²) >= 11 is 12.6. The van der Waals surface area contributed by atoms with Crippen molar-refractivity contribution in [3.63, 3.8) is 0 Å². The van der Waals surface area contributed by atoms with E-state index in [0.717, 1.165) is 22.3 Å². The topological polar surface area (TPSA) is 63.1 Å². The molecule has 1 N–H and O–H groups in total. The van der Waals surface area contributed by atoms with Crippen LogP contribution in [0.5, 0.6) is 0 Å². The summed E-state index contributed by atoms with van der Waals surface area (Å²) < 4.78 is 1.92. The van der Waals surface area contributed by atoms with Crippen molar-refractivity contribution in [3.8, 4) is 33.9 Å². The number of halogens is 2. The predicted octanol–water partition coefficient (Wildman–Crippen LogP) is 6.03. The highest BCUT2D eigenvalue weighted by atomic mass is 35.5. The molecule has 0 aliphatic heterocycles. The predicted molar refractivity (Wildman–Crippen MR) is 125 cm³/mol. The van der Waals surface area contributed by atoms with Gasteiger partial charge in [-0.25, -0.2) is 9.78 Å². The number of fused-ring (bicyclic) bond motifs is 1. The van der Waals surface area contributed by atoms with Gasteiger partial charge in [0.05, 0.1) is 22.1 Å². The molecule has 0 atom stereocenters. The zero-order chi connectivity index (χ0) is 21.5. The molecule has 0 aliphatic carbocycles. The van der Waals surface area contributed by atoms with Gasteiger partial charge in [0, 0.05) is 22.3 Å². The van der Waals surface area contributed by atoms with Crippen LogP contribution in [0.4, 0.5) is 0 Å². The summed E-state index contributed by atoms with van der Waals surface area (Å²) in [5.74, 6) is 0. The Balaban J connectivity index is 1.79. The van der Waals surface area contributed by atoms with E-state index >= 15 is 0 Å². The fourth-order valence-corrected chi connectivity index (χ4v) is 4.08. The Morgan fingerprint density at radius 1 is 0.935 bits per heavy atom. The SMILES string of the molecule is Cc1ccc(-c2cc(-c3c(-c4ccc(Cl)cc4Cl)nc4ccccn34)[nH]c(=O)n2)cc1. The first-order valence-electron chi connectivity index (χ1n) is 9.61. The summed E-state index contributed by atoms with van der Waals surface area (Å²) in [5.41, 5.74) is 5.54. The average molecular weight is 447 g/mol. The molecule has 152 valence electrons. The number of aromatic nitrogens is 4. The van der Waals surface area contributed by atoms with Crippen molar-refractivity contribution in [2.24, 2.45) is 0 Å². The van der Waals surface area contributed by atoms with Crippen LogP contribution < -0.4 is 5.69 Å². The van der Waals surface area contributed by atoms with Gasteiger partial charge in [0.25, 0.3) is 0 Å². The second kappa shape index (κ2) is 7.69. The van der Waals surface area contributed by atoms with Crippen LogP contribution in [0.1, 0.15) is 5.56 Å². The molecule has 5 aromatic rings. The number of pyridine rings is 1. The van der Waals surface area contributed by atoms with E-state index in [9.17, 15) is 4.79 Å². The molecular formula is C24H16Cl2N4O. The number of aryl methyl sites for hydroxylation is 1. The van der Waals surface area contributed by atoms with Gasteiger partial charge in [0.1, 0.15) is 11.3 Å². The first kappa shape index (κ1) is 19.5. The first-order chi connectivity index (χ1) is 15.0. The van der Waals surface area contributed by atoms with Gasteiger partial charge in [-0.15, -0.1) is 0 Å². The monoisotopic (exact) mass is 446 g/mol. The van der Waals surface area contributed by atoms with E-state index in [-0.39, 0.29) is 0 Å². The van der Waals surface area contributed by atoms with E-state index in [1.165, 1.54) is 0 Å². The highest BCUT2D eigenvalue weighted by Crippen LogP contribution is 2.37. The quantitative estimate of drug-likeness (QED) is 0.367. The van der Waals surface area contributed by atoms with E-state index in [2.05, 4.69) is 9.97 Å². The van der Waals surface area contributed by atoms with E-state index in [0.29, 0.717) is 32.8 Å². The largest absolute Gasteiger partial charge is 0.346 e. The van der Waals surface area contributed by atoms with Crippen LogP contribution in [-0.4, -0.2) is 19.4 Å². The molecule has 0 aliphatic rings. The van der Waals surface area contributed by atoms with Gasteiger partial charge in [0.2, 0.25) is 0 Å². The summed E-state index contributed by atoms with van der Waals surface area (Å²) in [6.45, 7) is 2.01. The molecule has 3 aromatic heterocycles. The minimum Gasteiger partial charge on any atom is -0.304 e. The summed E-state index contributed by atoms with van der Waals surface area (Å²) in [4.78, 5) is 24.3. The molecule has 0 bridgehead atoms. The highest BCUT2D eigenvalue weighted by Gasteiger charge is 2.20. The maximum absolute atomic E-state index is 12.5. The first-order valence-corrected chi connectivity index (χ1v) is 10.4. The summed E-state index contributed by atoms with van der Waals surface area (Å²) in [6.07, 6.45) is 1.90. The van der Waals surface area contributed by atoms with Gasteiger partial charge in [0.15, 0.2) is 0 Å². The van der Waals surface area contributed by atoms with Gasteiger partial charge in [-0.1, -0.05) is 59.1 Å². The number of nitrogens with one attached hydrogen (secondary N) is 1. The summed E-state index contributed by atoms with van der Waals surface area (Å²) in [5, 5.41) is 1.02. The number of H-pyrrole nitrogens is 1.